The molecule has 27 heavy (non-hydrogen) atoms. The lowest BCUT2D eigenvalue weighted by Crippen LogP contribution is -2.40. The Balaban J connectivity index is 2.30. The first kappa shape index (κ1) is 23.5. The van der Waals surface area contributed by atoms with Gasteiger partial charge in [-0.15, -0.1) is 0 Å². The van der Waals surface area contributed by atoms with Gasteiger partial charge in [0.1, 0.15) is 5.60 Å². The summed E-state index contributed by atoms with van der Waals surface area (Å²) in [5.74, 6) is 1.47. The topological polar surface area (TPSA) is 84.4 Å². The van der Waals surface area contributed by atoms with Crippen molar-refractivity contribution in [3.63, 3.8) is 0 Å². The molecule has 8 heteroatoms. The van der Waals surface area contributed by atoms with Crippen molar-refractivity contribution in [3.8, 4) is 0 Å². The first-order chi connectivity index (χ1) is 12.9. The zero-order valence-corrected chi connectivity index (χ0v) is 17.7. The zero-order valence-electron chi connectivity index (χ0n) is 17.7. The first-order valence-electron chi connectivity index (χ1n) is 9.92. The molecule has 0 aromatic rings. The summed E-state index contributed by atoms with van der Waals surface area (Å²) in [5.41, 5.74) is -0.472. The Morgan fingerprint density at radius 1 is 1.26 bits per heavy atom. The third kappa shape index (κ3) is 11.0. The van der Waals surface area contributed by atoms with Crippen molar-refractivity contribution in [2.45, 2.75) is 46.1 Å². The van der Waals surface area contributed by atoms with E-state index < -0.39 is 5.60 Å². The molecular formula is C19H38N4O4. The van der Waals surface area contributed by atoms with Gasteiger partial charge in [-0.25, -0.2) is 4.79 Å². The summed E-state index contributed by atoms with van der Waals surface area (Å²) < 4.78 is 15.9. The Hall–Kier alpha value is -1.54. The van der Waals surface area contributed by atoms with Gasteiger partial charge in [0.15, 0.2) is 5.96 Å². The number of likely N-dealkylation sites (tertiary alicyclic amines) is 1. The number of methoxy groups -OCH3 is 1. The normalized spacial score (nSPS) is 17.9. The van der Waals surface area contributed by atoms with E-state index in [9.17, 15) is 4.79 Å². The van der Waals surface area contributed by atoms with Gasteiger partial charge in [-0.2, -0.15) is 0 Å². The summed E-state index contributed by atoms with van der Waals surface area (Å²) in [7, 11) is 1.68. The highest BCUT2D eigenvalue weighted by Gasteiger charge is 2.24. The number of nitrogens with zero attached hydrogens (tertiary/aromatic N) is 2. The van der Waals surface area contributed by atoms with Crippen molar-refractivity contribution >= 4 is 12.1 Å². The number of nitrogens with one attached hydrogen (secondary N) is 2. The molecule has 1 aliphatic heterocycles. The highest BCUT2D eigenvalue weighted by atomic mass is 16.6. The van der Waals surface area contributed by atoms with Crippen LogP contribution < -0.4 is 10.6 Å². The smallest absolute Gasteiger partial charge is 0.407 e. The number of hydrogen-bond acceptors (Lipinski definition) is 5. The van der Waals surface area contributed by atoms with E-state index in [4.69, 9.17) is 14.2 Å². The van der Waals surface area contributed by atoms with E-state index in [0.29, 0.717) is 32.2 Å². The van der Waals surface area contributed by atoms with Crippen LogP contribution in [0.15, 0.2) is 4.99 Å². The molecule has 1 atom stereocenters. The summed E-state index contributed by atoms with van der Waals surface area (Å²) in [6, 6.07) is 0. The molecule has 0 bridgehead atoms. The van der Waals surface area contributed by atoms with E-state index in [2.05, 4.69) is 27.4 Å². The predicted molar refractivity (Wildman–Crippen MR) is 107 cm³/mol. The fraction of sp³-hybridized carbons (Fsp3) is 0.895. The fourth-order valence-corrected chi connectivity index (χ4v) is 2.75. The Labute approximate surface area is 164 Å². The third-order valence-electron chi connectivity index (χ3n) is 3.97. The average molecular weight is 387 g/mol. The van der Waals surface area contributed by atoms with Crippen molar-refractivity contribution < 1.29 is 19.0 Å². The van der Waals surface area contributed by atoms with Gasteiger partial charge in [0.05, 0.1) is 19.8 Å². The maximum Gasteiger partial charge on any atom is 0.407 e. The van der Waals surface area contributed by atoms with Gasteiger partial charge in [-0.05, 0) is 40.5 Å². The molecule has 0 spiro atoms. The lowest BCUT2D eigenvalue weighted by molar-refractivity contribution is 0.0527. The molecule has 1 amide bonds. The maximum absolute atomic E-state index is 11.6. The number of carbonyl (C=O) groups excluding carboxylic acids is 1. The number of amides is 1. The average Bonchev–Trinajstić information content (AvgIpc) is 3.04. The molecule has 158 valence electrons. The predicted octanol–water partition coefficient (Wildman–Crippen LogP) is 1.85. The number of ether oxygens (including phenoxy) is 3. The van der Waals surface area contributed by atoms with Gasteiger partial charge < -0.3 is 29.7 Å². The molecule has 1 aliphatic rings. The zero-order chi connectivity index (χ0) is 20.1. The van der Waals surface area contributed by atoms with Crippen LogP contribution in [0.1, 0.15) is 40.5 Å². The Bertz CT molecular complexity index is 451. The van der Waals surface area contributed by atoms with E-state index in [-0.39, 0.29) is 6.09 Å². The summed E-state index contributed by atoms with van der Waals surface area (Å²) in [6.07, 6.45) is 1.50. The van der Waals surface area contributed by atoms with E-state index in [1.807, 2.05) is 20.8 Å². The Kier molecular flexibility index (Phi) is 11.1. The van der Waals surface area contributed by atoms with Crippen molar-refractivity contribution in [2.24, 2.45) is 10.9 Å². The monoisotopic (exact) mass is 386 g/mol. The molecular weight excluding hydrogens is 348 g/mol. The maximum atomic E-state index is 11.6. The van der Waals surface area contributed by atoms with Crippen molar-refractivity contribution in [1.82, 2.24) is 15.5 Å². The first-order valence-corrected chi connectivity index (χ1v) is 9.92. The van der Waals surface area contributed by atoms with Crippen LogP contribution in [0.4, 0.5) is 4.79 Å². The van der Waals surface area contributed by atoms with Crippen LogP contribution in [0.3, 0.4) is 0 Å². The number of carbonyl (C=O) groups is 1. The van der Waals surface area contributed by atoms with Crippen LogP contribution in [0.25, 0.3) is 0 Å². The quantitative estimate of drug-likeness (QED) is 0.339. The number of alkyl carbamates (subject to hydrolysis) is 1. The van der Waals surface area contributed by atoms with Crippen LogP contribution in [-0.4, -0.2) is 82.2 Å². The Morgan fingerprint density at radius 2 is 2.04 bits per heavy atom. The van der Waals surface area contributed by atoms with E-state index in [0.717, 1.165) is 45.0 Å². The molecule has 1 heterocycles. The second kappa shape index (κ2) is 12.8. The van der Waals surface area contributed by atoms with Crippen LogP contribution in [0.2, 0.25) is 0 Å². The van der Waals surface area contributed by atoms with Crippen LogP contribution in [0.5, 0.6) is 0 Å². The van der Waals surface area contributed by atoms with E-state index >= 15 is 0 Å². The standard InChI is InChI=1S/C19H38N4O4/c1-6-20-17(21-9-7-10-22-18(24)27-19(2,3)4)23-11-8-16(14-23)15-26-13-12-25-5/h16H,6-15H2,1-5H3,(H,20,21)(H,22,24). The third-order valence-corrected chi connectivity index (χ3v) is 3.97. The molecule has 0 aromatic heterocycles. The molecule has 1 saturated heterocycles. The van der Waals surface area contributed by atoms with Gasteiger partial charge >= 0.3 is 6.09 Å². The number of aliphatic imine (C=N–C) groups is 1. The molecule has 0 saturated carbocycles. The minimum absolute atomic E-state index is 0.380. The second-order valence-corrected chi connectivity index (χ2v) is 7.69. The largest absolute Gasteiger partial charge is 0.444 e. The fourth-order valence-electron chi connectivity index (χ4n) is 2.75. The molecule has 0 aliphatic carbocycles. The van der Waals surface area contributed by atoms with Crippen molar-refractivity contribution in [2.75, 3.05) is 59.7 Å². The summed E-state index contributed by atoms with van der Waals surface area (Å²) in [4.78, 5) is 18.6. The van der Waals surface area contributed by atoms with E-state index in [1.54, 1.807) is 7.11 Å². The van der Waals surface area contributed by atoms with E-state index in [1.165, 1.54) is 0 Å². The summed E-state index contributed by atoms with van der Waals surface area (Å²) in [5, 5.41) is 6.12. The van der Waals surface area contributed by atoms with Gasteiger partial charge in [0, 0.05) is 45.8 Å². The molecule has 1 unspecified atom stereocenters. The van der Waals surface area contributed by atoms with Crippen LogP contribution in [0, 0.1) is 5.92 Å². The Morgan fingerprint density at radius 3 is 2.70 bits per heavy atom. The highest BCUT2D eigenvalue weighted by Crippen LogP contribution is 2.16. The van der Waals surface area contributed by atoms with Crippen molar-refractivity contribution in [1.29, 1.82) is 0 Å². The molecule has 0 radical (unpaired) electrons. The van der Waals surface area contributed by atoms with Crippen molar-refractivity contribution in [3.05, 3.63) is 0 Å². The van der Waals surface area contributed by atoms with Gasteiger partial charge in [0.2, 0.25) is 0 Å². The molecule has 8 nitrogen and oxygen atoms in total. The SMILES string of the molecule is CCNC(=NCCCNC(=O)OC(C)(C)C)N1CCC(COCCOC)C1. The van der Waals surface area contributed by atoms with Crippen LogP contribution in [-0.2, 0) is 14.2 Å². The molecule has 1 rings (SSSR count). The number of guanidine groups is 1. The molecule has 0 aromatic carbocycles. The minimum atomic E-state index is -0.472. The highest BCUT2D eigenvalue weighted by molar-refractivity contribution is 5.80. The molecule has 2 N–H and O–H groups in total. The number of rotatable bonds is 10. The lowest BCUT2D eigenvalue weighted by atomic mass is 10.1. The van der Waals surface area contributed by atoms with Crippen LogP contribution >= 0.6 is 0 Å². The summed E-state index contributed by atoms with van der Waals surface area (Å²) >= 11 is 0. The van der Waals surface area contributed by atoms with Gasteiger partial charge in [-0.3, -0.25) is 4.99 Å². The second-order valence-electron chi connectivity index (χ2n) is 7.69. The van der Waals surface area contributed by atoms with Gasteiger partial charge in [-0.1, -0.05) is 0 Å². The number of hydrogen-bond donors (Lipinski definition) is 2. The minimum Gasteiger partial charge on any atom is -0.444 e. The molecule has 1 fully saturated rings. The lowest BCUT2D eigenvalue weighted by Gasteiger charge is -2.22. The summed E-state index contributed by atoms with van der Waals surface area (Å²) in [6.45, 7) is 13.7. The van der Waals surface area contributed by atoms with Gasteiger partial charge in [0.25, 0.3) is 0 Å².